The van der Waals surface area contributed by atoms with E-state index in [2.05, 4.69) is 43.2 Å². The Hall–Kier alpha value is -1.10. The minimum Gasteiger partial charge on any atom is -0.491 e. The second-order valence-electron chi connectivity index (χ2n) is 5.41. The van der Waals surface area contributed by atoms with Crippen LogP contribution in [0.2, 0.25) is 0 Å². The SMILES string of the molecule is CCNC(C)c1ccc(OCC2CN(C)CCO2)cc1. The van der Waals surface area contributed by atoms with E-state index in [-0.39, 0.29) is 6.10 Å². The second kappa shape index (κ2) is 7.62. The van der Waals surface area contributed by atoms with Crippen molar-refractivity contribution < 1.29 is 9.47 Å². The third-order valence-electron chi connectivity index (χ3n) is 3.67. The van der Waals surface area contributed by atoms with Crippen LogP contribution in [-0.2, 0) is 4.74 Å². The monoisotopic (exact) mass is 278 g/mol. The number of likely N-dealkylation sites (N-methyl/N-ethyl adjacent to an activating group) is 1. The fraction of sp³-hybridized carbons (Fsp3) is 0.625. The van der Waals surface area contributed by atoms with Gasteiger partial charge in [-0.15, -0.1) is 0 Å². The van der Waals surface area contributed by atoms with Gasteiger partial charge in [-0.3, -0.25) is 0 Å². The number of ether oxygens (including phenoxy) is 2. The Balaban J connectivity index is 1.81. The summed E-state index contributed by atoms with van der Waals surface area (Å²) in [7, 11) is 2.12. The summed E-state index contributed by atoms with van der Waals surface area (Å²) in [5.74, 6) is 0.911. The topological polar surface area (TPSA) is 33.7 Å². The third kappa shape index (κ3) is 4.47. The first-order valence-electron chi connectivity index (χ1n) is 7.45. The Morgan fingerprint density at radius 2 is 2.15 bits per heavy atom. The van der Waals surface area contributed by atoms with E-state index < -0.39 is 0 Å². The zero-order valence-corrected chi connectivity index (χ0v) is 12.8. The molecule has 2 atom stereocenters. The third-order valence-corrected chi connectivity index (χ3v) is 3.67. The molecule has 20 heavy (non-hydrogen) atoms. The lowest BCUT2D eigenvalue weighted by atomic mass is 10.1. The number of nitrogens with one attached hydrogen (secondary N) is 1. The Morgan fingerprint density at radius 1 is 1.40 bits per heavy atom. The molecule has 0 radical (unpaired) electrons. The predicted octanol–water partition coefficient (Wildman–Crippen LogP) is 2.07. The maximum absolute atomic E-state index is 5.82. The Kier molecular flexibility index (Phi) is 5.83. The molecule has 0 saturated carbocycles. The number of morpholine rings is 1. The van der Waals surface area contributed by atoms with Gasteiger partial charge in [0.25, 0.3) is 0 Å². The summed E-state index contributed by atoms with van der Waals surface area (Å²) in [6.45, 7) is 8.63. The molecule has 1 fully saturated rings. The van der Waals surface area contributed by atoms with Gasteiger partial charge in [0.05, 0.1) is 6.61 Å². The molecule has 0 spiro atoms. The summed E-state index contributed by atoms with van der Waals surface area (Å²) in [4.78, 5) is 2.28. The maximum atomic E-state index is 5.82. The van der Waals surface area contributed by atoms with Crippen molar-refractivity contribution in [2.24, 2.45) is 0 Å². The van der Waals surface area contributed by atoms with Crippen molar-refractivity contribution in [1.29, 1.82) is 0 Å². The normalized spacial score (nSPS) is 21.6. The van der Waals surface area contributed by atoms with E-state index >= 15 is 0 Å². The lowest BCUT2D eigenvalue weighted by molar-refractivity contribution is -0.0403. The van der Waals surface area contributed by atoms with Crippen LogP contribution < -0.4 is 10.1 Å². The second-order valence-corrected chi connectivity index (χ2v) is 5.41. The van der Waals surface area contributed by atoms with Gasteiger partial charge in [0.15, 0.2) is 0 Å². The van der Waals surface area contributed by atoms with Gasteiger partial charge in [-0.25, -0.2) is 0 Å². The molecule has 0 bridgehead atoms. The molecule has 1 saturated heterocycles. The van der Waals surface area contributed by atoms with Crippen molar-refractivity contribution in [2.75, 3.05) is 39.9 Å². The molecule has 4 heteroatoms. The molecule has 1 aromatic rings. The van der Waals surface area contributed by atoms with Crippen molar-refractivity contribution in [3.05, 3.63) is 29.8 Å². The Morgan fingerprint density at radius 3 is 2.80 bits per heavy atom. The fourth-order valence-corrected chi connectivity index (χ4v) is 2.43. The summed E-state index contributed by atoms with van der Waals surface area (Å²) in [6, 6.07) is 8.70. The molecule has 0 aromatic heterocycles. The predicted molar refractivity (Wildman–Crippen MR) is 81.3 cm³/mol. The molecule has 1 heterocycles. The first-order chi connectivity index (χ1) is 9.69. The van der Waals surface area contributed by atoms with Gasteiger partial charge in [-0.2, -0.15) is 0 Å². The van der Waals surface area contributed by atoms with Crippen LogP contribution in [0.4, 0.5) is 0 Å². The Bertz CT molecular complexity index is 394. The molecule has 2 rings (SSSR count). The summed E-state index contributed by atoms with van der Waals surface area (Å²) < 4.78 is 11.5. The van der Waals surface area contributed by atoms with E-state index in [9.17, 15) is 0 Å². The summed E-state index contributed by atoms with van der Waals surface area (Å²) in [5.41, 5.74) is 1.29. The van der Waals surface area contributed by atoms with Crippen molar-refractivity contribution in [3.8, 4) is 5.75 Å². The van der Waals surface area contributed by atoms with Crippen molar-refractivity contribution in [3.63, 3.8) is 0 Å². The molecule has 0 amide bonds. The van der Waals surface area contributed by atoms with Crippen molar-refractivity contribution in [1.82, 2.24) is 10.2 Å². The van der Waals surface area contributed by atoms with Crippen molar-refractivity contribution >= 4 is 0 Å². The molecule has 0 aliphatic carbocycles. The van der Waals surface area contributed by atoms with E-state index in [1.54, 1.807) is 0 Å². The van der Waals surface area contributed by atoms with Crippen LogP contribution >= 0.6 is 0 Å². The van der Waals surface area contributed by atoms with Gasteiger partial charge >= 0.3 is 0 Å². The van der Waals surface area contributed by atoms with E-state index in [0.717, 1.165) is 32.0 Å². The summed E-state index contributed by atoms with van der Waals surface area (Å²) in [6.07, 6.45) is 0.175. The molecule has 1 N–H and O–H groups in total. The molecule has 1 aliphatic heterocycles. The number of benzene rings is 1. The van der Waals surface area contributed by atoms with Crippen LogP contribution in [0.1, 0.15) is 25.5 Å². The summed E-state index contributed by atoms with van der Waals surface area (Å²) in [5, 5.41) is 3.40. The lowest BCUT2D eigenvalue weighted by Gasteiger charge is -2.29. The summed E-state index contributed by atoms with van der Waals surface area (Å²) >= 11 is 0. The van der Waals surface area contributed by atoms with E-state index in [1.807, 2.05) is 12.1 Å². The molecular formula is C16H26N2O2. The number of rotatable bonds is 6. The van der Waals surface area contributed by atoms with Crippen LogP contribution in [0.15, 0.2) is 24.3 Å². The van der Waals surface area contributed by atoms with Crippen molar-refractivity contribution in [2.45, 2.75) is 26.0 Å². The molecular weight excluding hydrogens is 252 g/mol. The van der Waals surface area contributed by atoms with Crippen LogP contribution in [0.25, 0.3) is 0 Å². The number of nitrogens with zero attached hydrogens (tertiary/aromatic N) is 1. The van der Waals surface area contributed by atoms with E-state index in [4.69, 9.17) is 9.47 Å². The van der Waals surface area contributed by atoms with Gasteiger partial charge in [0.2, 0.25) is 0 Å². The average Bonchev–Trinajstić information content (AvgIpc) is 2.46. The fourth-order valence-electron chi connectivity index (χ4n) is 2.43. The number of hydrogen-bond acceptors (Lipinski definition) is 4. The molecule has 1 aliphatic rings. The van der Waals surface area contributed by atoms with Gasteiger partial charge in [0.1, 0.15) is 18.5 Å². The van der Waals surface area contributed by atoms with E-state index in [1.165, 1.54) is 5.56 Å². The first kappa shape index (κ1) is 15.3. The molecule has 2 unspecified atom stereocenters. The standard InChI is InChI=1S/C16H26N2O2/c1-4-17-13(2)14-5-7-15(8-6-14)20-12-16-11-18(3)9-10-19-16/h5-8,13,16-17H,4,9-12H2,1-3H3. The lowest BCUT2D eigenvalue weighted by Crippen LogP contribution is -2.42. The van der Waals surface area contributed by atoms with Gasteiger partial charge in [0, 0.05) is 19.1 Å². The Labute approximate surface area is 122 Å². The largest absolute Gasteiger partial charge is 0.491 e. The quantitative estimate of drug-likeness (QED) is 0.863. The van der Waals surface area contributed by atoms with Gasteiger partial charge in [-0.1, -0.05) is 19.1 Å². The molecule has 112 valence electrons. The zero-order valence-electron chi connectivity index (χ0n) is 12.8. The maximum Gasteiger partial charge on any atom is 0.119 e. The highest BCUT2D eigenvalue weighted by Crippen LogP contribution is 2.18. The molecule has 4 nitrogen and oxygen atoms in total. The van der Waals surface area contributed by atoms with Gasteiger partial charge in [-0.05, 0) is 38.2 Å². The zero-order chi connectivity index (χ0) is 14.4. The van der Waals surface area contributed by atoms with Crippen LogP contribution in [0.3, 0.4) is 0 Å². The van der Waals surface area contributed by atoms with E-state index in [0.29, 0.717) is 12.6 Å². The van der Waals surface area contributed by atoms with Gasteiger partial charge < -0.3 is 19.7 Å². The number of hydrogen-bond donors (Lipinski definition) is 1. The van der Waals surface area contributed by atoms with Crippen LogP contribution in [0.5, 0.6) is 5.75 Å². The van der Waals surface area contributed by atoms with Crippen LogP contribution in [-0.4, -0.2) is 50.9 Å². The minimum absolute atomic E-state index is 0.175. The smallest absolute Gasteiger partial charge is 0.119 e. The first-order valence-corrected chi connectivity index (χ1v) is 7.45. The molecule has 1 aromatic carbocycles. The average molecular weight is 278 g/mol. The minimum atomic E-state index is 0.175. The van der Waals surface area contributed by atoms with Crippen LogP contribution in [0, 0.1) is 0 Å². The highest BCUT2D eigenvalue weighted by molar-refractivity contribution is 5.28. The highest BCUT2D eigenvalue weighted by Gasteiger charge is 2.18. The highest BCUT2D eigenvalue weighted by atomic mass is 16.5.